The molecule has 5 aromatic rings. The van der Waals surface area contributed by atoms with Gasteiger partial charge in [0.15, 0.2) is 5.13 Å². The molecule has 0 spiro atoms. The number of hydrogen-bond acceptors (Lipinski definition) is 6. The minimum absolute atomic E-state index is 0.0266. The van der Waals surface area contributed by atoms with Crippen LogP contribution in [0.4, 0.5) is 15.2 Å². The zero-order valence-electron chi connectivity index (χ0n) is 20.9. The smallest absolute Gasteiger partial charge is 0.269 e. The zero-order chi connectivity index (χ0) is 27.0. The third kappa shape index (κ3) is 5.16. The molecular formula is C28H24FN5O3S. The highest BCUT2D eigenvalue weighted by Gasteiger charge is 2.19. The minimum atomic E-state index is -0.482. The van der Waals surface area contributed by atoms with Gasteiger partial charge in [-0.3, -0.25) is 19.3 Å². The number of hydrogen-bond donors (Lipinski definition) is 1. The van der Waals surface area contributed by atoms with Gasteiger partial charge in [0, 0.05) is 35.0 Å². The number of imidazole rings is 1. The van der Waals surface area contributed by atoms with E-state index in [9.17, 15) is 14.9 Å². The molecule has 3 aromatic heterocycles. The van der Waals surface area contributed by atoms with E-state index in [4.69, 9.17) is 0 Å². The standard InChI is InChI=1S/C28H24FN5O3S/c1-28(2,3)24-16-31-27(38-24)32-26(35)14-19-4-5-20(12-22(19)29)23-15-30-25-13-18(10-11-33(23)25)17-6-8-21(9-7-17)34(36)37/h4-13,15-16H,14H2,1-3H3,(H,31,32,35). The number of nitro groups is 1. The lowest BCUT2D eigenvalue weighted by Crippen LogP contribution is -2.15. The number of nitrogens with zero attached hydrogens (tertiary/aromatic N) is 4. The van der Waals surface area contributed by atoms with Crippen molar-refractivity contribution in [2.24, 2.45) is 0 Å². The van der Waals surface area contributed by atoms with Crippen molar-refractivity contribution < 1.29 is 14.1 Å². The van der Waals surface area contributed by atoms with E-state index in [1.807, 2.05) is 22.7 Å². The maximum atomic E-state index is 15.0. The summed E-state index contributed by atoms with van der Waals surface area (Å²) in [5.74, 6) is -0.815. The molecule has 0 unspecified atom stereocenters. The number of nitro benzene ring substituents is 1. The third-order valence-corrected chi connectivity index (χ3v) is 7.45. The number of thiazole rings is 1. The summed E-state index contributed by atoms with van der Waals surface area (Å²) in [6, 6.07) is 14.8. The molecule has 2 aromatic carbocycles. The molecule has 0 bridgehead atoms. The quantitative estimate of drug-likeness (QED) is 0.196. The van der Waals surface area contributed by atoms with Crippen LogP contribution in [0.2, 0.25) is 0 Å². The van der Waals surface area contributed by atoms with E-state index in [0.29, 0.717) is 22.0 Å². The SMILES string of the molecule is CC(C)(C)c1cnc(NC(=O)Cc2ccc(-c3cnc4cc(-c5ccc([N+](=O)[O-])cc5)ccn34)cc2F)s1. The van der Waals surface area contributed by atoms with Crippen LogP contribution in [0.25, 0.3) is 28.0 Å². The Morgan fingerprint density at radius 1 is 1.03 bits per heavy atom. The fourth-order valence-corrected chi connectivity index (χ4v) is 4.90. The predicted molar refractivity (Wildman–Crippen MR) is 146 cm³/mol. The van der Waals surface area contributed by atoms with E-state index in [1.165, 1.54) is 29.5 Å². The summed E-state index contributed by atoms with van der Waals surface area (Å²) >= 11 is 1.41. The average Bonchev–Trinajstić information content (AvgIpc) is 3.52. The molecule has 0 radical (unpaired) electrons. The van der Waals surface area contributed by atoms with Crippen LogP contribution in [0.3, 0.4) is 0 Å². The number of rotatable bonds is 6. The van der Waals surface area contributed by atoms with Crippen LogP contribution < -0.4 is 5.32 Å². The van der Waals surface area contributed by atoms with Gasteiger partial charge in [0.1, 0.15) is 11.5 Å². The Morgan fingerprint density at radius 2 is 1.76 bits per heavy atom. The number of pyridine rings is 1. The molecule has 0 aliphatic heterocycles. The number of aromatic nitrogens is 3. The number of carbonyl (C=O) groups excluding carboxylic acids is 1. The number of carbonyl (C=O) groups is 1. The first-order chi connectivity index (χ1) is 18.1. The van der Waals surface area contributed by atoms with Gasteiger partial charge in [-0.25, -0.2) is 14.4 Å². The van der Waals surface area contributed by atoms with Crippen LogP contribution >= 0.6 is 11.3 Å². The summed E-state index contributed by atoms with van der Waals surface area (Å²) in [6.45, 7) is 6.22. The van der Waals surface area contributed by atoms with Gasteiger partial charge in [0.2, 0.25) is 5.91 Å². The molecule has 0 saturated heterocycles. The van der Waals surface area contributed by atoms with Crippen LogP contribution in [0.5, 0.6) is 0 Å². The highest BCUT2D eigenvalue weighted by Crippen LogP contribution is 2.31. The Bertz CT molecular complexity index is 1670. The largest absolute Gasteiger partial charge is 0.302 e. The van der Waals surface area contributed by atoms with E-state index in [1.54, 1.807) is 36.7 Å². The number of fused-ring (bicyclic) bond motifs is 1. The van der Waals surface area contributed by atoms with Gasteiger partial charge in [-0.2, -0.15) is 0 Å². The van der Waals surface area contributed by atoms with Gasteiger partial charge >= 0.3 is 0 Å². The van der Waals surface area contributed by atoms with Gasteiger partial charge in [0.25, 0.3) is 5.69 Å². The van der Waals surface area contributed by atoms with Crippen molar-refractivity contribution in [3.8, 4) is 22.4 Å². The number of nitrogens with one attached hydrogen (secondary N) is 1. The van der Waals surface area contributed by atoms with Gasteiger partial charge in [-0.1, -0.05) is 32.9 Å². The molecule has 3 heterocycles. The van der Waals surface area contributed by atoms with Crippen LogP contribution in [-0.2, 0) is 16.6 Å². The van der Waals surface area contributed by atoms with Crippen molar-refractivity contribution in [3.63, 3.8) is 0 Å². The first kappa shape index (κ1) is 25.2. The summed E-state index contributed by atoms with van der Waals surface area (Å²) in [5, 5.41) is 14.2. The Balaban J connectivity index is 1.32. The second-order valence-electron chi connectivity index (χ2n) is 9.90. The molecule has 0 fully saturated rings. The Morgan fingerprint density at radius 3 is 2.42 bits per heavy atom. The summed E-state index contributed by atoms with van der Waals surface area (Å²) in [4.78, 5) is 32.8. The van der Waals surface area contributed by atoms with E-state index >= 15 is 4.39 Å². The van der Waals surface area contributed by atoms with Crippen molar-refractivity contribution in [3.05, 3.63) is 99.6 Å². The van der Waals surface area contributed by atoms with Crippen molar-refractivity contribution in [2.75, 3.05) is 5.32 Å². The van der Waals surface area contributed by atoms with E-state index in [0.717, 1.165) is 16.0 Å². The summed E-state index contributed by atoms with van der Waals surface area (Å²) in [5.41, 5.74) is 3.90. The summed E-state index contributed by atoms with van der Waals surface area (Å²) in [6.07, 6.45) is 5.13. The van der Waals surface area contributed by atoms with Crippen molar-refractivity contribution in [1.29, 1.82) is 0 Å². The van der Waals surface area contributed by atoms with Crippen LogP contribution in [0.1, 0.15) is 31.2 Å². The number of benzene rings is 2. The van der Waals surface area contributed by atoms with Crippen molar-refractivity contribution >= 4 is 33.7 Å². The topological polar surface area (TPSA) is 102 Å². The van der Waals surface area contributed by atoms with Crippen LogP contribution in [-0.4, -0.2) is 25.2 Å². The lowest BCUT2D eigenvalue weighted by molar-refractivity contribution is -0.384. The fourth-order valence-electron chi connectivity index (χ4n) is 4.01. The van der Waals surface area contributed by atoms with Gasteiger partial charge in [-0.15, -0.1) is 11.3 Å². The molecule has 192 valence electrons. The second kappa shape index (κ2) is 9.79. The Kier molecular flexibility index (Phi) is 6.50. The van der Waals surface area contributed by atoms with Gasteiger partial charge < -0.3 is 5.32 Å². The van der Waals surface area contributed by atoms with Gasteiger partial charge in [0.05, 0.1) is 23.2 Å². The molecule has 0 aliphatic rings. The van der Waals surface area contributed by atoms with E-state index in [-0.39, 0.29) is 29.0 Å². The van der Waals surface area contributed by atoms with Crippen LogP contribution in [0.15, 0.2) is 73.2 Å². The molecule has 5 rings (SSSR count). The molecule has 8 nitrogen and oxygen atoms in total. The monoisotopic (exact) mass is 529 g/mol. The lowest BCUT2D eigenvalue weighted by Gasteiger charge is -2.14. The molecule has 10 heteroatoms. The molecule has 0 aliphatic carbocycles. The molecule has 1 N–H and O–H groups in total. The number of anilines is 1. The average molecular weight is 530 g/mol. The molecule has 0 atom stereocenters. The normalized spacial score (nSPS) is 11.6. The molecule has 0 saturated carbocycles. The highest BCUT2D eigenvalue weighted by atomic mass is 32.1. The van der Waals surface area contributed by atoms with Crippen LogP contribution in [0, 0.1) is 15.9 Å². The van der Waals surface area contributed by atoms with Crippen molar-refractivity contribution in [2.45, 2.75) is 32.6 Å². The molecular weight excluding hydrogens is 505 g/mol. The summed E-state index contributed by atoms with van der Waals surface area (Å²) < 4.78 is 16.8. The first-order valence-corrected chi connectivity index (χ1v) is 12.7. The summed E-state index contributed by atoms with van der Waals surface area (Å²) in [7, 11) is 0. The second-order valence-corrected chi connectivity index (χ2v) is 10.9. The lowest BCUT2D eigenvalue weighted by atomic mass is 9.96. The minimum Gasteiger partial charge on any atom is -0.302 e. The number of amides is 1. The van der Waals surface area contributed by atoms with E-state index < -0.39 is 10.7 Å². The third-order valence-electron chi connectivity index (χ3n) is 6.12. The maximum absolute atomic E-state index is 15.0. The van der Waals surface area contributed by atoms with Crippen molar-refractivity contribution in [1.82, 2.24) is 14.4 Å². The Labute approximate surface area is 222 Å². The Hall–Kier alpha value is -4.44. The molecule has 38 heavy (non-hydrogen) atoms. The maximum Gasteiger partial charge on any atom is 0.269 e. The predicted octanol–water partition coefficient (Wildman–Crippen LogP) is 6.65. The zero-order valence-corrected chi connectivity index (χ0v) is 21.8. The number of halogens is 1. The fraction of sp³-hybridized carbons (Fsp3) is 0.179. The first-order valence-electron chi connectivity index (χ1n) is 11.9. The van der Waals surface area contributed by atoms with Gasteiger partial charge in [-0.05, 0) is 52.4 Å². The number of non-ortho nitro benzene ring substituents is 1. The van der Waals surface area contributed by atoms with E-state index in [2.05, 4.69) is 36.1 Å². The highest BCUT2D eigenvalue weighted by molar-refractivity contribution is 7.15. The molecule has 1 amide bonds.